The van der Waals surface area contributed by atoms with E-state index in [1.54, 1.807) is 0 Å². The van der Waals surface area contributed by atoms with Crippen molar-refractivity contribution in [2.75, 3.05) is 0 Å². The normalized spacial score (nSPS) is 10.0. The second-order valence-corrected chi connectivity index (χ2v) is 4.54. The summed E-state index contributed by atoms with van der Waals surface area (Å²) in [4.78, 5) is 0. The van der Waals surface area contributed by atoms with Gasteiger partial charge >= 0.3 is 18.9 Å². The van der Waals surface area contributed by atoms with Crippen molar-refractivity contribution in [2.45, 2.75) is 90.9 Å². The first-order chi connectivity index (χ1) is 6.91. The number of unbranched alkanes of at least 4 members (excludes halogenated alkanes) is 11. The number of rotatable bonds is 11. The fourth-order valence-corrected chi connectivity index (χ4v) is 1.91. The summed E-state index contributed by atoms with van der Waals surface area (Å²) in [6.07, 6.45) is 17.4. The van der Waals surface area contributed by atoms with E-state index in [2.05, 4.69) is 13.8 Å². The Kier molecular flexibility index (Phi) is 20.4. The fraction of sp³-hybridized carbons (Fsp3) is 1.00. The molecule has 0 unspecified atom stereocenters. The van der Waals surface area contributed by atoms with Crippen molar-refractivity contribution < 1.29 is 0 Å². The average Bonchev–Trinajstić information content (AvgIpc) is 2.21. The summed E-state index contributed by atoms with van der Waals surface area (Å²) in [5, 5.41) is 0. The molecule has 0 saturated heterocycles. The molecular weight excluding hydrogens is 175 g/mol. The summed E-state index contributed by atoms with van der Waals surface area (Å²) in [6, 6.07) is 0. The van der Waals surface area contributed by atoms with Crippen LogP contribution in [0.3, 0.4) is 0 Å². The summed E-state index contributed by atoms with van der Waals surface area (Å²) in [5.74, 6) is 0. The SMILES string of the molecule is CCCCCCCCCCCCCC.[LiH]. The maximum absolute atomic E-state index is 2.29. The standard InChI is InChI=1S/C14H30.Li.H/c1-3-5-7-9-11-13-14-12-10-8-6-4-2;;/h3-14H2,1-2H3;;. The molecular formula is C14H31Li. The Labute approximate surface area is 110 Å². The van der Waals surface area contributed by atoms with Gasteiger partial charge in [0.15, 0.2) is 0 Å². The third-order valence-corrected chi connectivity index (χ3v) is 2.96. The summed E-state index contributed by atoms with van der Waals surface area (Å²) in [5.41, 5.74) is 0. The van der Waals surface area contributed by atoms with Crippen molar-refractivity contribution in [2.24, 2.45) is 0 Å². The van der Waals surface area contributed by atoms with Crippen LogP contribution in [0.25, 0.3) is 0 Å². The predicted molar refractivity (Wildman–Crippen MR) is 73.9 cm³/mol. The second kappa shape index (κ2) is 17.0. The summed E-state index contributed by atoms with van der Waals surface area (Å²) >= 11 is 0. The Morgan fingerprint density at radius 1 is 0.400 bits per heavy atom. The van der Waals surface area contributed by atoms with Crippen LogP contribution in [-0.2, 0) is 0 Å². The van der Waals surface area contributed by atoms with Gasteiger partial charge in [-0.2, -0.15) is 0 Å². The molecule has 0 aromatic heterocycles. The maximum atomic E-state index is 2.29. The van der Waals surface area contributed by atoms with Crippen molar-refractivity contribution in [3.63, 3.8) is 0 Å². The van der Waals surface area contributed by atoms with Gasteiger partial charge in [0.05, 0.1) is 0 Å². The topological polar surface area (TPSA) is 0 Å². The van der Waals surface area contributed by atoms with E-state index in [1.807, 2.05) is 0 Å². The molecule has 0 bridgehead atoms. The Morgan fingerprint density at radius 2 is 0.600 bits per heavy atom. The molecule has 0 saturated carbocycles. The molecule has 0 radical (unpaired) electrons. The molecule has 0 fully saturated rings. The van der Waals surface area contributed by atoms with Crippen LogP contribution in [0, 0.1) is 0 Å². The molecule has 0 aromatic carbocycles. The summed E-state index contributed by atoms with van der Waals surface area (Å²) in [6.45, 7) is 4.57. The van der Waals surface area contributed by atoms with Crippen LogP contribution in [0.4, 0.5) is 0 Å². The molecule has 0 atom stereocenters. The molecule has 0 N–H and O–H groups in total. The third-order valence-electron chi connectivity index (χ3n) is 2.96. The van der Waals surface area contributed by atoms with E-state index in [0.29, 0.717) is 0 Å². The molecule has 1 heteroatoms. The van der Waals surface area contributed by atoms with Crippen molar-refractivity contribution in [1.29, 1.82) is 0 Å². The van der Waals surface area contributed by atoms with E-state index < -0.39 is 0 Å². The molecule has 0 aromatic rings. The Morgan fingerprint density at radius 3 is 0.800 bits per heavy atom. The third kappa shape index (κ3) is 17.2. The van der Waals surface area contributed by atoms with Crippen molar-refractivity contribution in [3.8, 4) is 0 Å². The summed E-state index contributed by atoms with van der Waals surface area (Å²) in [7, 11) is 0. The van der Waals surface area contributed by atoms with Crippen LogP contribution in [0.2, 0.25) is 0 Å². The minimum absolute atomic E-state index is 0. The van der Waals surface area contributed by atoms with Gasteiger partial charge in [0.2, 0.25) is 0 Å². The molecule has 0 rings (SSSR count). The Bertz CT molecular complexity index is 79.3. The average molecular weight is 206 g/mol. The van der Waals surface area contributed by atoms with Gasteiger partial charge in [-0.3, -0.25) is 0 Å². The molecule has 88 valence electrons. The van der Waals surface area contributed by atoms with Gasteiger partial charge in [0.1, 0.15) is 0 Å². The molecule has 0 amide bonds. The van der Waals surface area contributed by atoms with E-state index in [1.165, 1.54) is 77.0 Å². The van der Waals surface area contributed by atoms with Gasteiger partial charge in [0.25, 0.3) is 0 Å². The zero-order chi connectivity index (χ0) is 10.5. The van der Waals surface area contributed by atoms with Crippen molar-refractivity contribution in [1.82, 2.24) is 0 Å². The Hall–Kier alpha value is 0.597. The van der Waals surface area contributed by atoms with Gasteiger partial charge in [-0.1, -0.05) is 90.9 Å². The molecule has 0 aliphatic rings. The van der Waals surface area contributed by atoms with Gasteiger partial charge in [0, 0.05) is 0 Å². The Balaban J connectivity index is 0. The molecule has 0 aliphatic heterocycles. The first-order valence-corrected chi connectivity index (χ1v) is 6.91. The first kappa shape index (κ1) is 18.0. The van der Waals surface area contributed by atoms with Crippen LogP contribution >= 0.6 is 0 Å². The van der Waals surface area contributed by atoms with Crippen LogP contribution in [0.15, 0.2) is 0 Å². The van der Waals surface area contributed by atoms with E-state index in [9.17, 15) is 0 Å². The monoisotopic (exact) mass is 206 g/mol. The second-order valence-electron chi connectivity index (χ2n) is 4.54. The molecule has 0 heterocycles. The molecule has 0 aliphatic carbocycles. The first-order valence-electron chi connectivity index (χ1n) is 6.91. The zero-order valence-corrected chi connectivity index (χ0v) is 10.5. The van der Waals surface area contributed by atoms with Crippen LogP contribution < -0.4 is 0 Å². The predicted octanol–water partition coefficient (Wildman–Crippen LogP) is 5.06. The summed E-state index contributed by atoms with van der Waals surface area (Å²) < 4.78 is 0. The van der Waals surface area contributed by atoms with Gasteiger partial charge in [-0.25, -0.2) is 0 Å². The molecule has 0 nitrogen and oxygen atoms in total. The van der Waals surface area contributed by atoms with Gasteiger partial charge in [-0.15, -0.1) is 0 Å². The van der Waals surface area contributed by atoms with E-state index in [4.69, 9.17) is 0 Å². The van der Waals surface area contributed by atoms with Crippen LogP contribution in [0.1, 0.15) is 90.9 Å². The van der Waals surface area contributed by atoms with Gasteiger partial charge < -0.3 is 0 Å². The van der Waals surface area contributed by atoms with E-state index in [-0.39, 0.29) is 18.9 Å². The quantitative estimate of drug-likeness (QED) is 0.327. The zero-order valence-electron chi connectivity index (χ0n) is 10.5. The van der Waals surface area contributed by atoms with E-state index >= 15 is 0 Å². The number of hydrogen-bond acceptors (Lipinski definition) is 0. The van der Waals surface area contributed by atoms with Gasteiger partial charge in [-0.05, 0) is 0 Å². The number of hydrogen-bond donors (Lipinski definition) is 0. The minimum atomic E-state index is 0. The fourth-order valence-electron chi connectivity index (χ4n) is 1.91. The van der Waals surface area contributed by atoms with Crippen LogP contribution in [-0.4, -0.2) is 18.9 Å². The van der Waals surface area contributed by atoms with E-state index in [0.717, 1.165) is 0 Å². The van der Waals surface area contributed by atoms with Crippen LogP contribution in [0.5, 0.6) is 0 Å². The molecule has 0 spiro atoms. The van der Waals surface area contributed by atoms with Crippen molar-refractivity contribution in [3.05, 3.63) is 0 Å². The van der Waals surface area contributed by atoms with Crippen molar-refractivity contribution >= 4 is 18.9 Å². The molecule has 15 heavy (non-hydrogen) atoms.